The molecule has 7 N–H and O–H groups in total. The van der Waals surface area contributed by atoms with Crippen LogP contribution in [0.15, 0.2) is 30.3 Å². The van der Waals surface area contributed by atoms with Crippen LogP contribution in [0.4, 0.5) is 4.79 Å². The number of carbonyl (C=O) groups excluding carboxylic acids is 6. The maximum Gasteiger partial charge on any atom is 0.417 e. The number of carbonyl (C=O) groups is 6. The second kappa shape index (κ2) is 23.1. The van der Waals surface area contributed by atoms with Gasteiger partial charge in [-0.3, -0.25) is 19.2 Å². The fourth-order valence-corrected chi connectivity index (χ4v) is 5.86. The molecular formula is C43H74N6O10. The number of nitrogens with two attached hydrogens (primary N) is 2. The number of nitrogens with zero attached hydrogens (tertiary/aromatic N) is 1. The average molecular weight is 835 g/mol. The molecule has 0 aliphatic rings. The molecule has 0 aromatic heterocycles. The minimum absolute atomic E-state index is 0.0478. The topological polar surface area (TPSA) is 231 Å². The SMILES string of the molecule is C[C@@H](OC(C)(C)C)[C@H](NC(=O)[C@@H](N)CCCCN)C(=O)N[C@@H](Cc1ccccc1)C(=O)N[C@H](C(=O)N(C(=O)OC(C)(C)C)[C@H](C=O)COC(C)(C)C)[C@@H](C)OC(C)(C)C. The summed E-state index contributed by atoms with van der Waals surface area (Å²) in [6.45, 7) is 24.0. The number of hydrogen-bond donors (Lipinski definition) is 5. The molecule has 0 fully saturated rings. The van der Waals surface area contributed by atoms with Crippen molar-refractivity contribution in [3.05, 3.63) is 35.9 Å². The van der Waals surface area contributed by atoms with Crippen molar-refractivity contribution in [2.45, 2.75) is 187 Å². The second-order valence-corrected chi connectivity index (χ2v) is 18.8. The molecule has 16 heteroatoms. The molecule has 0 saturated heterocycles. The Kier molecular flexibility index (Phi) is 20.8. The Morgan fingerprint density at radius 1 is 0.712 bits per heavy atom. The summed E-state index contributed by atoms with van der Waals surface area (Å²) < 4.78 is 23.7. The number of benzene rings is 1. The average Bonchev–Trinajstić information content (AvgIpc) is 3.08. The molecule has 1 aromatic rings. The Balaban J connectivity index is 3.81. The number of rotatable bonds is 21. The van der Waals surface area contributed by atoms with Gasteiger partial charge in [0.15, 0.2) is 0 Å². The summed E-state index contributed by atoms with van der Waals surface area (Å²) in [5.74, 6) is -3.17. The van der Waals surface area contributed by atoms with Crippen LogP contribution in [0.1, 0.15) is 122 Å². The van der Waals surface area contributed by atoms with Crippen molar-refractivity contribution in [2.24, 2.45) is 11.5 Å². The normalized spacial score (nSPS) is 16.0. The van der Waals surface area contributed by atoms with Crippen LogP contribution in [0.2, 0.25) is 0 Å². The van der Waals surface area contributed by atoms with Gasteiger partial charge in [0, 0.05) is 6.42 Å². The molecule has 0 saturated carbocycles. The number of hydrogen-bond acceptors (Lipinski definition) is 12. The molecule has 7 atom stereocenters. The van der Waals surface area contributed by atoms with E-state index in [0.29, 0.717) is 42.6 Å². The maximum absolute atomic E-state index is 14.7. The molecule has 1 aromatic carbocycles. The Hall–Kier alpha value is -3.96. The van der Waals surface area contributed by atoms with E-state index in [-0.39, 0.29) is 13.0 Å². The Morgan fingerprint density at radius 2 is 1.24 bits per heavy atom. The molecule has 5 amide bonds. The number of ether oxygens (including phenoxy) is 4. The fraction of sp³-hybridized carbons (Fsp3) is 0.721. The molecule has 0 aliphatic carbocycles. The van der Waals surface area contributed by atoms with E-state index in [2.05, 4.69) is 16.0 Å². The monoisotopic (exact) mass is 835 g/mol. The third-order valence-electron chi connectivity index (χ3n) is 8.39. The van der Waals surface area contributed by atoms with Crippen LogP contribution in [0.5, 0.6) is 0 Å². The number of nitrogens with one attached hydrogen (secondary N) is 3. The lowest BCUT2D eigenvalue weighted by Gasteiger charge is -2.37. The minimum Gasteiger partial charge on any atom is -0.443 e. The lowest BCUT2D eigenvalue weighted by molar-refractivity contribution is -0.150. The molecule has 336 valence electrons. The summed E-state index contributed by atoms with van der Waals surface area (Å²) in [5.41, 5.74) is 9.09. The lowest BCUT2D eigenvalue weighted by atomic mass is 10.0. The maximum atomic E-state index is 14.7. The lowest BCUT2D eigenvalue weighted by Crippen LogP contribution is -2.64. The van der Waals surface area contributed by atoms with Gasteiger partial charge in [0.1, 0.15) is 36.1 Å². The largest absolute Gasteiger partial charge is 0.443 e. The van der Waals surface area contributed by atoms with E-state index in [0.717, 1.165) is 0 Å². The highest BCUT2D eigenvalue weighted by Crippen LogP contribution is 2.20. The van der Waals surface area contributed by atoms with Gasteiger partial charge in [-0.1, -0.05) is 36.8 Å². The van der Waals surface area contributed by atoms with Gasteiger partial charge in [0.05, 0.1) is 41.7 Å². The van der Waals surface area contributed by atoms with Crippen molar-refractivity contribution in [3.63, 3.8) is 0 Å². The van der Waals surface area contributed by atoms with Gasteiger partial charge < -0.3 is 51.2 Å². The highest BCUT2D eigenvalue weighted by molar-refractivity contribution is 6.01. The third kappa shape index (κ3) is 20.7. The molecule has 1 rings (SSSR count). The smallest absolute Gasteiger partial charge is 0.417 e. The van der Waals surface area contributed by atoms with E-state index in [9.17, 15) is 28.8 Å². The standard InChI is InChI=1S/C43H74N6O10/c1-27(57-41(6,7)8)33(47-35(51)31(45)22-18-19-23-44)37(53)46-32(24-29-20-16-15-17-21-29)36(52)48-34(28(2)58-42(9,10)11)38(54)49(39(55)59-43(12,13)14)30(25-50)26-56-40(3,4)5/h15-17,20-21,25,27-28,30-34H,18-19,22-24,26,44-45H2,1-14H3,(H,46,53)(H,47,51)(H,48,52)/t27-,28-,30-,31+,32+,33+,34+/m1/s1. The van der Waals surface area contributed by atoms with Crippen molar-refractivity contribution in [1.29, 1.82) is 0 Å². The van der Waals surface area contributed by atoms with Crippen molar-refractivity contribution < 1.29 is 47.7 Å². The number of unbranched alkanes of at least 4 members (excludes halogenated alkanes) is 1. The summed E-state index contributed by atoms with van der Waals surface area (Å²) in [5, 5.41) is 8.23. The number of amides is 5. The summed E-state index contributed by atoms with van der Waals surface area (Å²) in [7, 11) is 0. The molecule has 0 unspecified atom stereocenters. The molecule has 0 bridgehead atoms. The first kappa shape index (κ1) is 53.1. The van der Waals surface area contributed by atoms with E-state index < -0.39 is 94.5 Å². The Labute approximate surface area is 351 Å². The zero-order valence-electron chi connectivity index (χ0n) is 37.9. The first-order chi connectivity index (χ1) is 27.0. The van der Waals surface area contributed by atoms with Crippen LogP contribution in [-0.2, 0) is 49.3 Å². The summed E-state index contributed by atoms with van der Waals surface area (Å²) in [6.07, 6.45) is -1.15. The van der Waals surface area contributed by atoms with E-state index in [1.165, 1.54) is 0 Å². The Bertz CT molecular complexity index is 1510. The van der Waals surface area contributed by atoms with Crippen LogP contribution < -0.4 is 27.4 Å². The highest BCUT2D eigenvalue weighted by Gasteiger charge is 2.43. The molecule has 0 radical (unpaired) electrons. The molecular weight excluding hydrogens is 761 g/mol. The molecule has 59 heavy (non-hydrogen) atoms. The predicted octanol–water partition coefficient (Wildman–Crippen LogP) is 3.69. The number of aldehydes is 1. The molecule has 0 spiro atoms. The quantitative estimate of drug-likeness (QED) is 0.0882. The van der Waals surface area contributed by atoms with Gasteiger partial charge in [-0.15, -0.1) is 0 Å². The van der Waals surface area contributed by atoms with E-state index in [1.807, 2.05) is 0 Å². The first-order valence-corrected chi connectivity index (χ1v) is 20.4. The van der Waals surface area contributed by atoms with Gasteiger partial charge in [-0.05, 0) is 122 Å². The fourth-order valence-electron chi connectivity index (χ4n) is 5.86. The van der Waals surface area contributed by atoms with E-state index in [4.69, 9.17) is 30.4 Å². The van der Waals surface area contributed by atoms with Crippen LogP contribution in [-0.4, -0.2) is 119 Å². The Morgan fingerprint density at radius 3 is 1.71 bits per heavy atom. The first-order valence-electron chi connectivity index (χ1n) is 20.4. The summed E-state index contributed by atoms with van der Waals surface area (Å²) in [6, 6.07) is 2.24. The third-order valence-corrected chi connectivity index (χ3v) is 8.39. The van der Waals surface area contributed by atoms with Gasteiger partial charge in [-0.2, -0.15) is 0 Å². The van der Waals surface area contributed by atoms with Crippen LogP contribution >= 0.6 is 0 Å². The number of imide groups is 1. The van der Waals surface area contributed by atoms with Crippen LogP contribution in [0.3, 0.4) is 0 Å². The highest BCUT2D eigenvalue weighted by atomic mass is 16.6. The van der Waals surface area contributed by atoms with Crippen molar-refractivity contribution in [1.82, 2.24) is 20.9 Å². The van der Waals surface area contributed by atoms with E-state index >= 15 is 0 Å². The van der Waals surface area contributed by atoms with Crippen molar-refractivity contribution in [3.8, 4) is 0 Å². The summed E-state index contributed by atoms with van der Waals surface area (Å²) >= 11 is 0. The zero-order valence-corrected chi connectivity index (χ0v) is 37.9. The molecule has 0 heterocycles. The van der Waals surface area contributed by atoms with Gasteiger partial charge in [0.2, 0.25) is 17.7 Å². The summed E-state index contributed by atoms with van der Waals surface area (Å²) in [4.78, 5) is 83.9. The van der Waals surface area contributed by atoms with Gasteiger partial charge in [-0.25, -0.2) is 9.69 Å². The second-order valence-electron chi connectivity index (χ2n) is 18.8. The van der Waals surface area contributed by atoms with Gasteiger partial charge >= 0.3 is 6.09 Å². The zero-order chi connectivity index (χ0) is 45.5. The molecule has 0 aliphatic heterocycles. The van der Waals surface area contributed by atoms with Crippen molar-refractivity contribution in [2.75, 3.05) is 13.2 Å². The van der Waals surface area contributed by atoms with E-state index in [1.54, 1.807) is 127 Å². The molecule has 16 nitrogen and oxygen atoms in total. The van der Waals surface area contributed by atoms with Crippen LogP contribution in [0, 0.1) is 0 Å². The van der Waals surface area contributed by atoms with Crippen LogP contribution in [0.25, 0.3) is 0 Å². The minimum atomic E-state index is -1.59. The van der Waals surface area contributed by atoms with Gasteiger partial charge in [0.25, 0.3) is 5.91 Å². The predicted molar refractivity (Wildman–Crippen MR) is 226 cm³/mol. The van der Waals surface area contributed by atoms with Crippen molar-refractivity contribution >= 4 is 36.0 Å².